The van der Waals surface area contributed by atoms with Gasteiger partial charge in [-0.3, -0.25) is 4.79 Å². The third kappa shape index (κ3) is 1.88. The molecule has 1 amide bonds. The normalized spacial score (nSPS) is 21.4. The monoisotopic (exact) mass is 300 g/mol. The Labute approximate surface area is 113 Å². The van der Waals surface area contributed by atoms with Crippen LogP contribution in [0, 0.1) is 5.92 Å². The molecular weight excluding hydrogens is 292 g/mol. The van der Waals surface area contributed by atoms with Crippen LogP contribution in [0.5, 0.6) is 0 Å². The van der Waals surface area contributed by atoms with Crippen molar-refractivity contribution in [2.45, 2.75) is 0 Å². The van der Waals surface area contributed by atoms with Gasteiger partial charge in [-0.1, -0.05) is 52.4 Å². The number of nitrogens with zero attached hydrogens (tertiary/aromatic N) is 2. The predicted molar refractivity (Wildman–Crippen MR) is 72.7 cm³/mol. The second-order valence-corrected chi connectivity index (χ2v) is 4.99. The SMILES string of the molecule is O=C1N=NC(c2ccc(Br)cc2)=C2C=CC=CC12. The van der Waals surface area contributed by atoms with E-state index in [0.29, 0.717) is 0 Å². The molecule has 0 bridgehead atoms. The first kappa shape index (κ1) is 11.3. The molecule has 0 spiro atoms. The molecule has 0 saturated carbocycles. The summed E-state index contributed by atoms with van der Waals surface area (Å²) in [7, 11) is 0. The highest BCUT2D eigenvalue weighted by atomic mass is 79.9. The van der Waals surface area contributed by atoms with Crippen LogP contribution < -0.4 is 0 Å². The molecule has 0 radical (unpaired) electrons. The van der Waals surface area contributed by atoms with Gasteiger partial charge in [0.1, 0.15) is 0 Å². The summed E-state index contributed by atoms with van der Waals surface area (Å²) in [5.41, 5.74) is 2.65. The van der Waals surface area contributed by atoms with E-state index in [1.807, 2.05) is 48.6 Å². The first-order valence-corrected chi connectivity index (χ1v) is 6.35. The van der Waals surface area contributed by atoms with Gasteiger partial charge >= 0.3 is 0 Å². The summed E-state index contributed by atoms with van der Waals surface area (Å²) in [5.74, 6) is -0.488. The Morgan fingerprint density at radius 1 is 1.06 bits per heavy atom. The number of benzene rings is 1. The standard InChI is InChI=1S/C14H9BrN2O/c15-10-7-5-9(6-8-10)13-11-3-1-2-4-12(11)14(18)17-16-13/h1-8,12H. The van der Waals surface area contributed by atoms with Gasteiger partial charge in [0.25, 0.3) is 5.91 Å². The zero-order chi connectivity index (χ0) is 12.5. The Balaban J connectivity index is 2.13. The van der Waals surface area contributed by atoms with Gasteiger partial charge in [0, 0.05) is 10.0 Å². The molecule has 3 rings (SSSR count). The Bertz CT molecular complexity index is 624. The van der Waals surface area contributed by atoms with E-state index in [4.69, 9.17) is 0 Å². The van der Waals surface area contributed by atoms with Crippen LogP contribution in [0.4, 0.5) is 0 Å². The number of azo groups is 1. The minimum absolute atomic E-state index is 0.202. The lowest BCUT2D eigenvalue weighted by Gasteiger charge is -2.19. The maximum absolute atomic E-state index is 11.7. The van der Waals surface area contributed by atoms with Crippen molar-refractivity contribution in [1.82, 2.24) is 0 Å². The van der Waals surface area contributed by atoms with Gasteiger partial charge in [-0.05, 0) is 17.7 Å². The van der Waals surface area contributed by atoms with E-state index in [0.717, 1.165) is 21.3 Å². The quantitative estimate of drug-likeness (QED) is 0.775. The number of halogens is 1. The number of fused-ring (bicyclic) bond motifs is 1. The molecule has 1 aromatic rings. The van der Waals surface area contributed by atoms with Crippen molar-refractivity contribution in [3.8, 4) is 0 Å². The molecule has 1 aliphatic carbocycles. The van der Waals surface area contributed by atoms with Crippen LogP contribution in [-0.4, -0.2) is 5.91 Å². The number of hydrogen-bond donors (Lipinski definition) is 0. The number of allylic oxidation sites excluding steroid dienone is 3. The fourth-order valence-electron chi connectivity index (χ4n) is 2.03. The summed E-state index contributed by atoms with van der Waals surface area (Å²) in [6.07, 6.45) is 7.57. The number of carbonyl (C=O) groups is 1. The molecule has 0 aromatic heterocycles. The smallest absolute Gasteiger partial charge is 0.270 e. The highest BCUT2D eigenvalue weighted by Crippen LogP contribution is 2.34. The molecule has 0 saturated heterocycles. The van der Waals surface area contributed by atoms with Crippen LogP contribution in [0.3, 0.4) is 0 Å². The molecule has 88 valence electrons. The Kier molecular flexibility index (Phi) is 2.80. The lowest BCUT2D eigenvalue weighted by molar-refractivity contribution is -0.119. The topological polar surface area (TPSA) is 41.8 Å². The third-order valence-corrected chi connectivity index (χ3v) is 3.46. The second-order valence-electron chi connectivity index (χ2n) is 4.07. The van der Waals surface area contributed by atoms with Gasteiger partial charge in [0.2, 0.25) is 0 Å². The molecule has 0 fully saturated rings. The summed E-state index contributed by atoms with van der Waals surface area (Å²) >= 11 is 3.40. The van der Waals surface area contributed by atoms with Gasteiger partial charge < -0.3 is 0 Å². The molecule has 1 aliphatic heterocycles. The fraction of sp³-hybridized carbons (Fsp3) is 0.0714. The predicted octanol–water partition coefficient (Wildman–Crippen LogP) is 3.89. The zero-order valence-corrected chi connectivity index (χ0v) is 11.0. The Morgan fingerprint density at radius 2 is 1.83 bits per heavy atom. The van der Waals surface area contributed by atoms with E-state index in [1.54, 1.807) is 0 Å². The van der Waals surface area contributed by atoms with Crippen LogP contribution >= 0.6 is 15.9 Å². The zero-order valence-electron chi connectivity index (χ0n) is 9.38. The number of hydrogen-bond acceptors (Lipinski definition) is 2. The van der Waals surface area contributed by atoms with E-state index in [1.165, 1.54) is 0 Å². The van der Waals surface area contributed by atoms with Gasteiger partial charge in [-0.2, -0.15) is 0 Å². The average Bonchev–Trinajstić information content (AvgIpc) is 2.41. The molecular formula is C14H9BrN2O. The molecule has 2 aliphatic rings. The van der Waals surface area contributed by atoms with E-state index >= 15 is 0 Å². The molecule has 1 heterocycles. The maximum Gasteiger partial charge on any atom is 0.276 e. The van der Waals surface area contributed by atoms with E-state index < -0.39 is 0 Å². The van der Waals surface area contributed by atoms with Crippen LogP contribution in [0.25, 0.3) is 5.70 Å². The molecule has 1 atom stereocenters. The molecule has 3 nitrogen and oxygen atoms in total. The van der Waals surface area contributed by atoms with Crippen molar-refractivity contribution in [1.29, 1.82) is 0 Å². The maximum atomic E-state index is 11.7. The lowest BCUT2D eigenvalue weighted by Crippen LogP contribution is -2.17. The summed E-state index contributed by atoms with van der Waals surface area (Å²) in [6, 6.07) is 7.83. The minimum atomic E-state index is -0.286. The van der Waals surface area contributed by atoms with Gasteiger partial charge in [0.15, 0.2) is 0 Å². The fourth-order valence-corrected chi connectivity index (χ4v) is 2.30. The van der Waals surface area contributed by atoms with Crippen molar-refractivity contribution in [2.75, 3.05) is 0 Å². The molecule has 4 heteroatoms. The van der Waals surface area contributed by atoms with Crippen LogP contribution in [0.1, 0.15) is 5.56 Å². The largest absolute Gasteiger partial charge is 0.276 e. The third-order valence-electron chi connectivity index (χ3n) is 2.93. The van der Waals surface area contributed by atoms with Crippen molar-refractivity contribution in [3.63, 3.8) is 0 Å². The highest BCUT2D eigenvalue weighted by molar-refractivity contribution is 9.10. The molecule has 1 aromatic carbocycles. The number of carbonyl (C=O) groups excluding carboxylic acids is 1. The average molecular weight is 301 g/mol. The summed E-state index contributed by atoms with van der Waals surface area (Å²) in [6.45, 7) is 0. The Hall–Kier alpha value is -1.81. The van der Waals surface area contributed by atoms with E-state index in [9.17, 15) is 4.79 Å². The lowest BCUT2D eigenvalue weighted by atomic mass is 9.89. The summed E-state index contributed by atoms with van der Waals surface area (Å²) in [4.78, 5) is 11.7. The van der Waals surface area contributed by atoms with Gasteiger partial charge in [-0.15, -0.1) is 10.2 Å². The van der Waals surface area contributed by atoms with Crippen molar-refractivity contribution >= 4 is 27.5 Å². The van der Waals surface area contributed by atoms with Crippen molar-refractivity contribution < 1.29 is 4.79 Å². The van der Waals surface area contributed by atoms with Gasteiger partial charge in [-0.25, -0.2) is 0 Å². The molecule has 0 N–H and O–H groups in total. The van der Waals surface area contributed by atoms with Crippen molar-refractivity contribution in [2.24, 2.45) is 16.1 Å². The highest BCUT2D eigenvalue weighted by Gasteiger charge is 2.27. The van der Waals surface area contributed by atoms with E-state index in [2.05, 4.69) is 26.2 Å². The first-order valence-electron chi connectivity index (χ1n) is 5.56. The van der Waals surface area contributed by atoms with E-state index in [-0.39, 0.29) is 11.8 Å². The molecule has 18 heavy (non-hydrogen) atoms. The second kappa shape index (κ2) is 4.46. The van der Waals surface area contributed by atoms with Crippen LogP contribution in [0.15, 0.2) is 68.8 Å². The Morgan fingerprint density at radius 3 is 2.61 bits per heavy atom. The number of amides is 1. The van der Waals surface area contributed by atoms with Crippen LogP contribution in [-0.2, 0) is 4.79 Å². The van der Waals surface area contributed by atoms with Gasteiger partial charge in [0.05, 0.1) is 11.6 Å². The molecule has 1 unspecified atom stereocenters. The minimum Gasteiger partial charge on any atom is -0.270 e. The van der Waals surface area contributed by atoms with Crippen molar-refractivity contribution in [3.05, 3.63) is 64.2 Å². The summed E-state index contributed by atoms with van der Waals surface area (Å²) < 4.78 is 1.01. The van der Waals surface area contributed by atoms with Crippen LogP contribution in [0.2, 0.25) is 0 Å². The number of rotatable bonds is 1. The first-order chi connectivity index (χ1) is 8.75. The summed E-state index contributed by atoms with van der Waals surface area (Å²) in [5, 5.41) is 7.78.